The highest BCUT2D eigenvalue weighted by molar-refractivity contribution is 6.74. The molecule has 0 N–H and O–H groups in total. The van der Waals surface area contributed by atoms with Crippen LogP contribution in [0.1, 0.15) is 41.5 Å². The van der Waals surface area contributed by atoms with Gasteiger partial charge in [-0.3, -0.25) is 0 Å². The van der Waals surface area contributed by atoms with Crippen molar-refractivity contribution in [3.63, 3.8) is 0 Å². The van der Waals surface area contributed by atoms with Crippen molar-refractivity contribution < 1.29 is 13.6 Å². The summed E-state index contributed by atoms with van der Waals surface area (Å²) in [6.45, 7) is 23.0. The lowest BCUT2D eigenvalue weighted by molar-refractivity contribution is -0.0558. The van der Waals surface area contributed by atoms with Crippen LogP contribution < -0.4 is 0 Å². The van der Waals surface area contributed by atoms with Crippen molar-refractivity contribution in [2.45, 2.75) is 96.1 Å². The highest BCUT2D eigenvalue weighted by atomic mass is 28.4. The van der Waals surface area contributed by atoms with E-state index >= 15 is 0 Å². The van der Waals surface area contributed by atoms with Gasteiger partial charge in [0.25, 0.3) is 0 Å². The second kappa shape index (κ2) is 7.70. The molecule has 0 spiro atoms. The lowest BCUT2D eigenvalue weighted by atomic mass is 10.1. The zero-order chi connectivity index (χ0) is 19.7. The van der Waals surface area contributed by atoms with Crippen LogP contribution in [0.15, 0.2) is 12.2 Å². The highest BCUT2D eigenvalue weighted by Crippen LogP contribution is 2.39. The maximum Gasteiger partial charge on any atom is 0.193 e. The van der Waals surface area contributed by atoms with Gasteiger partial charge in [-0.05, 0) is 42.3 Å². The first-order chi connectivity index (χ1) is 11.1. The third-order valence-corrected chi connectivity index (χ3v) is 15.0. The van der Waals surface area contributed by atoms with Gasteiger partial charge in [0.05, 0.1) is 12.7 Å². The van der Waals surface area contributed by atoms with Crippen LogP contribution in [0.3, 0.4) is 0 Å². The number of terminal acetylenes is 1. The molecule has 0 fully saturated rings. The average molecular weight is 383 g/mol. The topological polar surface area (TPSA) is 27.7 Å². The molecule has 0 bridgehead atoms. The van der Waals surface area contributed by atoms with Crippen molar-refractivity contribution in [3.05, 3.63) is 12.2 Å². The molecule has 3 nitrogen and oxygen atoms in total. The quantitative estimate of drug-likeness (QED) is 0.364. The van der Waals surface area contributed by atoms with Gasteiger partial charge < -0.3 is 13.6 Å². The van der Waals surface area contributed by atoms with E-state index in [2.05, 4.69) is 79.7 Å². The molecule has 0 saturated heterocycles. The molecule has 0 amide bonds. The molecule has 0 aliphatic carbocycles. The van der Waals surface area contributed by atoms with Gasteiger partial charge in [-0.2, -0.15) is 0 Å². The van der Waals surface area contributed by atoms with E-state index in [0.717, 1.165) is 0 Å². The molecule has 1 rings (SSSR count). The Morgan fingerprint density at radius 3 is 1.92 bits per heavy atom. The van der Waals surface area contributed by atoms with Crippen LogP contribution in [0, 0.1) is 12.3 Å². The summed E-state index contributed by atoms with van der Waals surface area (Å²) in [7, 11) is -3.75. The van der Waals surface area contributed by atoms with Crippen LogP contribution in [0.25, 0.3) is 0 Å². The fourth-order valence-corrected chi connectivity index (χ4v) is 4.29. The highest BCUT2D eigenvalue weighted by Gasteiger charge is 2.43. The van der Waals surface area contributed by atoms with Crippen molar-refractivity contribution in [3.8, 4) is 12.3 Å². The Labute approximate surface area is 157 Å². The Balaban J connectivity index is 2.93. The number of hydrogen-bond donors (Lipinski definition) is 0. The molecule has 1 heterocycles. The molecule has 0 unspecified atom stereocenters. The Hall–Kier alpha value is -0.386. The van der Waals surface area contributed by atoms with E-state index in [1.165, 1.54) is 0 Å². The second-order valence-corrected chi connectivity index (χ2v) is 19.6. The Bertz CT molecular complexity index is 519. The maximum atomic E-state index is 6.59. The normalized spacial score (nSPS) is 25.7. The molecule has 0 aromatic heterocycles. The standard InChI is InChI=1S/C20H38O3Si2/c1-12-16-13-14-17(23-25(10,11)20(5,6)7)18(22-16)15-21-24(8,9)19(2,3)4/h1,13-14,16-18H,15H2,2-11H3/t16-,17+,18-/m1/s1. The summed E-state index contributed by atoms with van der Waals surface area (Å²) in [5.74, 6) is 2.68. The first-order valence-corrected chi connectivity index (χ1v) is 15.0. The van der Waals surface area contributed by atoms with Gasteiger partial charge in [-0.1, -0.05) is 53.5 Å². The molecular formula is C20H38O3Si2. The largest absolute Gasteiger partial charge is 0.414 e. The minimum Gasteiger partial charge on any atom is -0.414 e. The zero-order valence-corrected chi connectivity index (χ0v) is 19.9. The fourth-order valence-electron chi connectivity index (χ4n) is 2.01. The van der Waals surface area contributed by atoms with E-state index < -0.39 is 16.6 Å². The Kier molecular flexibility index (Phi) is 6.97. The molecule has 3 atom stereocenters. The lowest BCUT2D eigenvalue weighted by Crippen LogP contribution is -2.51. The van der Waals surface area contributed by atoms with Gasteiger partial charge in [-0.15, -0.1) is 6.42 Å². The first-order valence-electron chi connectivity index (χ1n) is 9.22. The third kappa shape index (κ3) is 5.80. The third-order valence-electron chi connectivity index (χ3n) is 5.98. The molecule has 0 radical (unpaired) electrons. The lowest BCUT2D eigenvalue weighted by Gasteiger charge is -2.43. The fraction of sp³-hybridized carbons (Fsp3) is 0.800. The summed E-state index contributed by atoms with van der Waals surface area (Å²) in [4.78, 5) is 0. The van der Waals surface area contributed by atoms with Crippen LogP contribution in [0.5, 0.6) is 0 Å². The van der Waals surface area contributed by atoms with Crippen molar-refractivity contribution in [2.75, 3.05) is 6.61 Å². The molecule has 144 valence electrons. The number of hydrogen-bond acceptors (Lipinski definition) is 3. The smallest absolute Gasteiger partial charge is 0.193 e. The van der Waals surface area contributed by atoms with E-state index in [1.54, 1.807) is 0 Å². The zero-order valence-electron chi connectivity index (χ0n) is 17.9. The molecule has 1 aliphatic heterocycles. The van der Waals surface area contributed by atoms with Crippen molar-refractivity contribution in [2.24, 2.45) is 0 Å². The van der Waals surface area contributed by atoms with Gasteiger partial charge >= 0.3 is 0 Å². The van der Waals surface area contributed by atoms with Gasteiger partial charge in [0.15, 0.2) is 16.6 Å². The molecule has 5 heteroatoms. The monoisotopic (exact) mass is 382 g/mol. The van der Waals surface area contributed by atoms with E-state index in [0.29, 0.717) is 6.61 Å². The van der Waals surface area contributed by atoms with Gasteiger partial charge in [0, 0.05) is 0 Å². The Morgan fingerprint density at radius 2 is 1.48 bits per heavy atom. The molecule has 1 aliphatic rings. The predicted molar refractivity (Wildman–Crippen MR) is 112 cm³/mol. The summed E-state index contributed by atoms with van der Waals surface area (Å²) in [5, 5.41) is 0.313. The number of rotatable bonds is 5. The SMILES string of the molecule is C#C[C@@H]1C=C[C@H](O[Si](C)(C)C(C)(C)C)[C@@H](CO[Si](C)(C)C(C)(C)C)O1. The Morgan fingerprint density at radius 1 is 0.960 bits per heavy atom. The van der Waals surface area contributed by atoms with Crippen molar-refractivity contribution in [1.82, 2.24) is 0 Å². The minimum atomic E-state index is -1.90. The maximum absolute atomic E-state index is 6.59. The van der Waals surface area contributed by atoms with Gasteiger partial charge in [0.2, 0.25) is 0 Å². The van der Waals surface area contributed by atoms with Crippen LogP contribution in [-0.4, -0.2) is 41.6 Å². The van der Waals surface area contributed by atoms with Gasteiger partial charge in [0.1, 0.15) is 12.2 Å². The summed E-state index contributed by atoms with van der Waals surface area (Å²) in [6.07, 6.45) is 9.02. The van der Waals surface area contributed by atoms with Crippen LogP contribution in [0.2, 0.25) is 36.3 Å². The van der Waals surface area contributed by atoms with Crippen LogP contribution >= 0.6 is 0 Å². The summed E-state index contributed by atoms with van der Waals surface area (Å²) in [6, 6.07) is 0. The summed E-state index contributed by atoms with van der Waals surface area (Å²) < 4.78 is 19.1. The predicted octanol–water partition coefficient (Wildman–Crippen LogP) is 5.36. The van der Waals surface area contributed by atoms with E-state index in [-0.39, 0.29) is 28.4 Å². The van der Waals surface area contributed by atoms with E-state index in [4.69, 9.17) is 20.0 Å². The van der Waals surface area contributed by atoms with E-state index in [9.17, 15) is 0 Å². The van der Waals surface area contributed by atoms with Crippen LogP contribution in [0.4, 0.5) is 0 Å². The second-order valence-electron chi connectivity index (χ2n) is 10.1. The van der Waals surface area contributed by atoms with Crippen molar-refractivity contribution in [1.29, 1.82) is 0 Å². The molecule has 25 heavy (non-hydrogen) atoms. The van der Waals surface area contributed by atoms with E-state index in [1.807, 2.05) is 6.08 Å². The molecule has 0 saturated carbocycles. The molecular weight excluding hydrogens is 344 g/mol. The summed E-state index contributed by atoms with van der Waals surface area (Å²) >= 11 is 0. The summed E-state index contributed by atoms with van der Waals surface area (Å²) in [5.41, 5.74) is 0. The first kappa shape index (κ1) is 22.7. The molecule has 0 aromatic rings. The molecule has 0 aromatic carbocycles. The minimum absolute atomic E-state index is 0.102. The van der Waals surface area contributed by atoms with Crippen molar-refractivity contribution >= 4 is 16.6 Å². The van der Waals surface area contributed by atoms with Crippen LogP contribution in [-0.2, 0) is 13.6 Å². The average Bonchev–Trinajstić information content (AvgIpc) is 2.43. The number of ether oxygens (including phenoxy) is 1. The van der Waals surface area contributed by atoms with Gasteiger partial charge in [-0.25, -0.2) is 0 Å².